The number of benzene rings is 2. The number of carbonyl (C=O) groups is 1. The smallest absolute Gasteiger partial charge is 0.247 e. The van der Waals surface area contributed by atoms with Crippen LogP contribution in [0.3, 0.4) is 0 Å². The van der Waals surface area contributed by atoms with E-state index >= 15 is 0 Å². The first-order chi connectivity index (χ1) is 11.7. The van der Waals surface area contributed by atoms with E-state index in [0.29, 0.717) is 18.0 Å². The van der Waals surface area contributed by atoms with Crippen LogP contribution in [0, 0.1) is 0 Å². The van der Waals surface area contributed by atoms with Gasteiger partial charge >= 0.3 is 0 Å². The second kappa shape index (κ2) is 7.17. The normalized spacial score (nSPS) is 13.6. The Morgan fingerprint density at radius 3 is 2.54 bits per heavy atom. The molecule has 1 amide bonds. The zero-order valence-corrected chi connectivity index (χ0v) is 13.9. The highest BCUT2D eigenvalue weighted by Gasteiger charge is 2.21. The van der Waals surface area contributed by atoms with Crippen LogP contribution in [0.25, 0.3) is 0 Å². The van der Waals surface area contributed by atoms with E-state index in [4.69, 9.17) is 9.47 Å². The maximum absolute atomic E-state index is 12.5. The molecule has 0 fully saturated rings. The molecule has 0 bridgehead atoms. The molecule has 0 spiro atoms. The summed E-state index contributed by atoms with van der Waals surface area (Å²) < 4.78 is 10.5. The first-order valence-electron chi connectivity index (χ1n) is 7.85. The molecule has 0 atom stereocenters. The number of carbonyl (C=O) groups excluding carboxylic acids is 1. The molecule has 0 radical (unpaired) electrons. The zero-order valence-electron chi connectivity index (χ0n) is 13.9. The second-order valence-corrected chi connectivity index (χ2v) is 5.55. The van der Waals surface area contributed by atoms with E-state index < -0.39 is 0 Å². The summed E-state index contributed by atoms with van der Waals surface area (Å²) in [5.41, 5.74) is 2.90. The minimum Gasteiger partial charge on any atom is -0.493 e. The number of nitrogens with zero attached hydrogens (tertiary/aromatic N) is 2. The van der Waals surface area contributed by atoms with Gasteiger partial charge in [0.05, 0.1) is 32.9 Å². The van der Waals surface area contributed by atoms with Crippen LogP contribution in [-0.2, 0) is 11.2 Å². The molecule has 1 heterocycles. The van der Waals surface area contributed by atoms with Crippen LogP contribution in [0.4, 0.5) is 0 Å². The number of amides is 1. The SMILES string of the molecule is COc1ccc(CC(=O)N2CCC(c3ccccc3)=N2)cc1OC. The highest BCUT2D eigenvalue weighted by atomic mass is 16.5. The van der Waals surface area contributed by atoms with Crippen molar-refractivity contribution >= 4 is 11.6 Å². The molecule has 24 heavy (non-hydrogen) atoms. The third-order valence-corrected chi connectivity index (χ3v) is 4.00. The molecule has 2 aromatic rings. The van der Waals surface area contributed by atoms with Crippen molar-refractivity contribution in [2.75, 3.05) is 20.8 Å². The lowest BCUT2D eigenvalue weighted by Gasteiger charge is -2.13. The van der Waals surface area contributed by atoms with Crippen molar-refractivity contribution in [1.82, 2.24) is 5.01 Å². The zero-order chi connectivity index (χ0) is 16.9. The van der Waals surface area contributed by atoms with Crippen LogP contribution in [0.1, 0.15) is 17.5 Å². The van der Waals surface area contributed by atoms with Crippen molar-refractivity contribution in [1.29, 1.82) is 0 Å². The predicted molar refractivity (Wildman–Crippen MR) is 92.6 cm³/mol. The topological polar surface area (TPSA) is 51.1 Å². The lowest BCUT2D eigenvalue weighted by Crippen LogP contribution is -2.25. The maximum atomic E-state index is 12.5. The number of ether oxygens (including phenoxy) is 2. The molecule has 0 saturated carbocycles. The number of hydrazone groups is 1. The van der Waals surface area contributed by atoms with Crippen molar-refractivity contribution in [3.63, 3.8) is 0 Å². The summed E-state index contributed by atoms with van der Waals surface area (Å²) in [6.07, 6.45) is 1.06. The van der Waals surface area contributed by atoms with E-state index in [2.05, 4.69) is 5.10 Å². The van der Waals surface area contributed by atoms with E-state index in [0.717, 1.165) is 23.3 Å². The summed E-state index contributed by atoms with van der Waals surface area (Å²) in [5, 5.41) is 6.03. The summed E-state index contributed by atoms with van der Waals surface area (Å²) in [7, 11) is 3.17. The van der Waals surface area contributed by atoms with Gasteiger partial charge in [0.1, 0.15) is 0 Å². The molecule has 1 aliphatic heterocycles. The third-order valence-electron chi connectivity index (χ3n) is 4.00. The largest absolute Gasteiger partial charge is 0.493 e. The molecule has 0 saturated heterocycles. The number of hydrogen-bond acceptors (Lipinski definition) is 4. The molecular weight excluding hydrogens is 304 g/mol. The van der Waals surface area contributed by atoms with E-state index in [1.54, 1.807) is 19.2 Å². The molecule has 2 aromatic carbocycles. The molecule has 0 aromatic heterocycles. The molecule has 3 rings (SSSR count). The van der Waals surface area contributed by atoms with Crippen LogP contribution in [0.2, 0.25) is 0 Å². The second-order valence-electron chi connectivity index (χ2n) is 5.55. The average Bonchev–Trinajstić information content (AvgIpc) is 3.12. The minimum absolute atomic E-state index is 0.0202. The van der Waals surface area contributed by atoms with Gasteiger partial charge in [0.15, 0.2) is 11.5 Å². The minimum atomic E-state index is -0.0202. The average molecular weight is 324 g/mol. The van der Waals surface area contributed by atoms with Gasteiger partial charge in [-0.3, -0.25) is 4.79 Å². The first kappa shape index (κ1) is 16.1. The van der Waals surface area contributed by atoms with Crippen molar-refractivity contribution in [3.8, 4) is 11.5 Å². The van der Waals surface area contributed by atoms with E-state index in [9.17, 15) is 4.79 Å². The highest BCUT2D eigenvalue weighted by molar-refractivity contribution is 6.02. The third kappa shape index (κ3) is 3.40. The van der Waals surface area contributed by atoms with E-state index in [-0.39, 0.29) is 12.3 Å². The van der Waals surface area contributed by atoms with Crippen molar-refractivity contribution in [2.45, 2.75) is 12.8 Å². The summed E-state index contributed by atoms with van der Waals surface area (Å²) >= 11 is 0. The molecular formula is C19H20N2O3. The van der Waals surface area contributed by atoms with Gasteiger partial charge in [0, 0.05) is 6.42 Å². The summed E-state index contributed by atoms with van der Waals surface area (Å²) in [6.45, 7) is 0.621. The van der Waals surface area contributed by atoms with Crippen molar-refractivity contribution in [3.05, 3.63) is 59.7 Å². The van der Waals surface area contributed by atoms with E-state index in [1.807, 2.05) is 48.5 Å². The van der Waals surface area contributed by atoms with Crippen LogP contribution in [0.15, 0.2) is 53.6 Å². The Morgan fingerprint density at radius 1 is 1.08 bits per heavy atom. The molecule has 1 aliphatic rings. The van der Waals surface area contributed by atoms with Gasteiger partial charge in [0.25, 0.3) is 0 Å². The molecule has 5 heteroatoms. The van der Waals surface area contributed by atoms with E-state index in [1.165, 1.54) is 0 Å². The van der Waals surface area contributed by atoms with Gasteiger partial charge in [-0.05, 0) is 23.3 Å². The van der Waals surface area contributed by atoms with Gasteiger partial charge in [-0.1, -0.05) is 36.4 Å². The van der Waals surface area contributed by atoms with Gasteiger partial charge in [-0.15, -0.1) is 0 Å². The van der Waals surface area contributed by atoms with Crippen LogP contribution < -0.4 is 9.47 Å². The van der Waals surface area contributed by atoms with Crippen molar-refractivity contribution < 1.29 is 14.3 Å². The quantitative estimate of drug-likeness (QED) is 0.850. The van der Waals surface area contributed by atoms with Gasteiger partial charge in [-0.25, -0.2) is 5.01 Å². The Hall–Kier alpha value is -2.82. The van der Waals surface area contributed by atoms with Gasteiger partial charge in [-0.2, -0.15) is 5.10 Å². The maximum Gasteiger partial charge on any atom is 0.247 e. The monoisotopic (exact) mass is 324 g/mol. The number of hydrogen-bond donors (Lipinski definition) is 0. The Morgan fingerprint density at radius 2 is 1.83 bits per heavy atom. The molecule has 0 N–H and O–H groups in total. The van der Waals surface area contributed by atoms with Crippen LogP contribution in [0.5, 0.6) is 11.5 Å². The van der Waals surface area contributed by atoms with Gasteiger partial charge < -0.3 is 9.47 Å². The summed E-state index contributed by atoms with van der Waals surface area (Å²) in [6, 6.07) is 15.5. The Kier molecular flexibility index (Phi) is 4.79. The fourth-order valence-corrected chi connectivity index (χ4v) is 2.73. The molecule has 124 valence electrons. The standard InChI is InChI=1S/C19H20N2O3/c1-23-17-9-8-14(12-18(17)24-2)13-19(22)21-11-10-16(20-21)15-6-4-3-5-7-15/h3-9,12H,10-11,13H2,1-2H3. The molecule has 5 nitrogen and oxygen atoms in total. The van der Waals surface area contributed by atoms with Gasteiger partial charge in [0.2, 0.25) is 5.91 Å². The Labute approximate surface area is 141 Å². The summed E-state index contributed by atoms with van der Waals surface area (Å²) in [5.74, 6) is 1.25. The fourth-order valence-electron chi connectivity index (χ4n) is 2.73. The van der Waals surface area contributed by atoms with Crippen LogP contribution in [-0.4, -0.2) is 37.4 Å². The lowest BCUT2D eigenvalue weighted by molar-refractivity contribution is -0.130. The molecule has 0 unspecified atom stereocenters. The van der Waals surface area contributed by atoms with Crippen LogP contribution >= 0.6 is 0 Å². The first-order valence-corrected chi connectivity index (χ1v) is 7.85. The number of methoxy groups -OCH3 is 2. The predicted octanol–water partition coefficient (Wildman–Crippen LogP) is 2.88. The fraction of sp³-hybridized carbons (Fsp3) is 0.263. The number of rotatable bonds is 5. The Balaban J connectivity index is 1.71. The highest BCUT2D eigenvalue weighted by Crippen LogP contribution is 2.28. The van der Waals surface area contributed by atoms with Crippen molar-refractivity contribution in [2.24, 2.45) is 5.10 Å². The molecule has 0 aliphatic carbocycles. The lowest BCUT2D eigenvalue weighted by atomic mass is 10.1. The Bertz CT molecular complexity index is 756. The summed E-state index contributed by atoms with van der Waals surface area (Å²) in [4.78, 5) is 12.5.